The van der Waals surface area contributed by atoms with Crippen molar-refractivity contribution in [3.63, 3.8) is 0 Å². The lowest BCUT2D eigenvalue weighted by Gasteiger charge is -1.98. The predicted octanol–water partition coefficient (Wildman–Crippen LogP) is 2.27. The molecule has 0 fully saturated rings. The number of nitrogens with zero attached hydrogens (tertiary/aromatic N) is 1. The summed E-state index contributed by atoms with van der Waals surface area (Å²) in [5.74, 6) is 0. The van der Waals surface area contributed by atoms with Crippen molar-refractivity contribution in [3.8, 4) is 0 Å². The fourth-order valence-electron chi connectivity index (χ4n) is 1.41. The van der Waals surface area contributed by atoms with Gasteiger partial charge in [-0.2, -0.15) is 0 Å². The highest BCUT2D eigenvalue weighted by atomic mass is 32.1. The fraction of sp³-hybridized carbons (Fsp3) is 0.333. The van der Waals surface area contributed by atoms with Crippen molar-refractivity contribution in [2.75, 3.05) is 0 Å². The normalized spacial score (nSPS) is 11.1. The van der Waals surface area contributed by atoms with Gasteiger partial charge < -0.3 is 4.98 Å². The molecule has 0 spiro atoms. The van der Waals surface area contributed by atoms with Crippen LogP contribution in [0.25, 0.3) is 10.2 Å². The molecule has 0 saturated heterocycles. The molecule has 14 heavy (non-hydrogen) atoms. The third kappa shape index (κ3) is 1.16. The van der Waals surface area contributed by atoms with Gasteiger partial charge in [-0.1, -0.05) is 0 Å². The summed E-state index contributed by atoms with van der Waals surface area (Å²) in [5, 5.41) is 0.767. The molecule has 0 bridgehead atoms. The van der Waals surface area contributed by atoms with E-state index in [1.165, 1.54) is 4.57 Å². The monoisotopic (exact) mass is 226 g/mol. The Bertz CT molecular complexity index is 618. The number of aryl methyl sites for hydroxylation is 2. The molecule has 2 aromatic rings. The molecule has 74 valence electrons. The first kappa shape index (κ1) is 9.61. The van der Waals surface area contributed by atoms with E-state index >= 15 is 0 Å². The lowest BCUT2D eigenvalue weighted by molar-refractivity contribution is 0.825. The van der Waals surface area contributed by atoms with Gasteiger partial charge in [0.25, 0.3) is 5.56 Å². The first-order chi connectivity index (χ1) is 6.52. The predicted molar refractivity (Wildman–Crippen MR) is 61.7 cm³/mol. The molecule has 1 N–H and O–H groups in total. The Morgan fingerprint density at radius 1 is 1.43 bits per heavy atom. The highest BCUT2D eigenvalue weighted by Crippen LogP contribution is 2.25. The van der Waals surface area contributed by atoms with E-state index in [2.05, 4.69) is 4.98 Å². The zero-order valence-corrected chi connectivity index (χ0v) is 9.80. The van der Waals surface area contributed by atoms with Crippen LogP contribution < -0.4 is 5.56 Å². The minimum Gasteiger partial charge on any atom is -0.323 e. The Morgan fingerprint density at radius 2 is 2.07 bits per heavy atom. The summed E-state index contributed by atoms with van der Waals surface area (Å²) in [6.07, 6.45) is 0. The van der Waals surface area contributed by atoms with Gasteiger partial charge in [0.2, 0.25) is 0 Å². The zero-order valence-electron chi connectivity index (χ0n) is 8.17. The van der Waals surface area contributed by atoms with Gasteiger partial charge in [-0.05, 0) is 31.6 Å². The second-order valence-electron chi connectivity index (χ2n) is 3.28. The molecule has 3 nitrogen and oxygen atoms in total. The maximum absolute atomic E-state index is 11.9. The van der Waals surface area contributed by atoms with Crippen molar-refractivity contribution in [3.05, 3.63) is 25.6 Å². The van der Waals surface area contributed by atoms with Crippen LogP contribution in [0.15, 0.2) is 4.79 Å². The summed E-state index contributed by atoms with van der Waals surface area (Å²) >= 11 is 6.62. The zero-order chi connectivity index (χ0) is 10.5. The van der Waals surface area contributed by atoms with Crippen LogP contribution >= 0.6 is 23.6 Å². The lowest BCUT2D eigenvalue weighted by Crippen LogP contribution is -2.18. The number of nitrogens with one attached hydrogen (secondary N) is 1. The standard InChI is InChI=1S/C9H10N2OS2/c1-4-5(2)14-7-6(4)8(12)11(3)9(13)10-7/h1-3H3,(H,10,13). The summed E-state index contributed by atoms with van der Waals surface area (Å²) in [4.78, 5) is 17.0. The average molecular weight is 226 g/mol. The van der Waals surface area contributed by atoms with E-state index in [1.54, 1.807) is 18.4 Å². The molecule has 0 amide bonds. The molecule has 0 aliphatic carbocycles. The molecule has 0 atom stereocenters. The van der Waals surface area contributed by atoms with Gasteiger partial charge in [0, 0.05) is 11.9 Å². The SMILES string of the molecule is Cc1sc2[nH]c(=S)n(C)c(=O)c2c1C. The minimum absolute atomic E-state index is 0.00870. The van der Waals surface area contributed by atoms with Crippen LogP contribution in [0.4, 0.5) is 0 Å². The maximum Gasteiger partial charge on any atom is 0.263 e. The lowest BCUT2D eigenvalue weighted by atomic mass is 10.2. The van der Waals surface area contributed by atoms with E-state index in [4.69, 9.17) is 12.2 Å². The van der Waals surface area contributed by atoms with Crippen molar-refractivity contribution < 1.29 is 0 Å². The van der Waals surface area contributed by atoms with Crippen LogP contribution in [0.5, 0.6) is 0 Å². The molecule has 0 radical (unpaired) electrons. The van der Waals surface area contributed by atoms with E-state index in [1.807, 2.05) is 13.8 Å². The number of H-pyrrole nitrogens is 1. The molecule has 2 heterocycles. The van der Waals surface area contributed by atoms with Crippen LogP contribution in [0.2, 0.25) is 0 Å². The summed E-state index contributed by atoms with van der Waals surface area (Å²) in [6.45, 7) is 3.97. The van der Waals surface area contributed by atoms with Crippen LogP contribution in [0, 0.1) is 18.6 Å². The maximum atomic E-state index is 11.9. The number of hydrogen-bond donors (Lipinski definition) is 1. The summed E-state index contributed by atoms with van der Waals surface area (Å²) in [5.41, 5.74) is 1.04. The average Bonchev–Trinajstić information content (AvgIpc) is 2.39. The van der Waals surface area contributed by atoms with Gasteiger partial charge in [0.05, 0.1) is 5.39 Å². The number of hydrogen-bond acceptors (Lipinski definition) is 3. The third-order valence-corrected chi connectivity index (χ3v) is 3.93. The molecule has 2 aromatic heterocycles. The molecule has 2 rings (SSSR count). The Hall–Kier alpha value is -0.940. The first-order valence-corrected chi connectivity index (χ1v) is 5.44. The molecule has 0 aliphatic rings. The summed E-state index contributed by atoms with van der Waals surface area (Å²) in [7, 11) is 1.69. The van der Waals surface area contributed by atoms with E-state index in [0.717, 1.165) is 20.7 Å². The van der Waals surface area contributed by atoms with Gasteiger partial charge in [-0.15, -0.1) is 11.3 Å². The van der Waals surface area contributed by atoms with Gasteiger partial charge in [0.15, 0.2) is 4.77 Å². The molecule has 0 unspecified atom stereocenters. The van der Waals surface area contributed by atoms with Gasteiger partial charge in [0.1, 0.15) is 4.83 Å². The van der Waals surface area contributed by atoms with Gasteiger partial charge >= 0.3 is 0 Å². The Balaban J connectivity index is 3.15. The third-order valence-electron chi connectivity index (χ3n) is 2.43. The smallest absolute Gasteiger partial charge is 0.263 e. The molecule has 0 saturated carbocycles. The van der Waals surface area contributed by atoms with Crippen LogP contribution in [-0.4, -0.2) is 9.55 Å². The van der Waals surface area contributed by atoms with Crippen molar-refractivity contribution in [2.24, 2.45) is 7.05 Å². The molecule has 0 aromatic carbocycles. The molecular formula is C9H10N2OS2. The van der Waals surface area contributed by atoms with Gasteiger partial charge in [-0.25, -0.2) is 0 Å². The Morgan fingerprint density at radius 3 is 2.71 bits per heavy atom. The molecular weight excluding hydrogens is 216 g/mol. The topological polar surface area (TPSA) is 37.8 Å². The van der Waals surface area contributed by atoms with Crippen molar-refractivity contribution in [1.29, 1.82) is 0 Å². The first-order valence-electron chi connectivity index (χ1n) is 4.21. The summed E-state index contributed by atoms with van der Waals surface area (Å²) in [6, 6.07) is 0. The second kappa shape index (κ2) is 3.03. The fourth-order valence-corrected chi connectivity index (χ4v) is 2.71. The minimum atomic E-state index is -0.00870. The van der Waals surface area contributed by atoms with Crippen molar-refractivity contribution in [2.45, 2.75) is 13.8 Å². The van der Waals surface area contributed by atoms with Crippen molar-refractivity contribution >= 4 is 33.8 Å². The number of rotatable bonds is 0. The second-order valence-corrected chi connectivity index (χ2v) is 4.89. The van der Waals surface area contributed by atoms with E-state index in [9.17, 15) is 4.79 Å². The van der Waals surface area contributed by atoms with E-state index in [0.29, 0.717) is 4.77 Å². The number of aromatic nitrogens is 2. The van der Waals surface area contributed by atoms with Crippen molar-refractivity contribution in [1.82, 2.24) is 9.55 Å². The molecule has 0 aliphatic heterocycles. The molecule has 5 heteroatoms. The van der Waals surface area contributed by atoms with E-state index < -0.39 is 0 Å². The Kier molecular flexibility index (Phi) is 2.08. The summed E-state index contributed by atoms with van der Waals surface area (Å²) < 4.78 is 1.94. The quantitative estimate of drug-likeness (QED) is 0.700. The highest BCUT2D eigenvalue weighted by molar-refractivity contribution is 7.71. The highest BCUT2D eigenvalue weighted by Gasteiger charge is 2.10. The largest absolute Gasteiger partial charge is 0.323 e. The van der Waals surface area contributed by atoms with Crippen LogP contribution in [-0.2, 0) is 7.05 Å². The number of thiophene rings is 1. The van der Waals surface area contributed by atoms with Crippen LogP contribution in [0.3, 0.4) is 0 Å². The van der Waals surface area contributed by atoms with Gasteiger partial charge in [-0.3, -0.25) is 9.36 Å². The van der Waals surface area contributed by atoms with Crippen LogP contribution in [0.1, 0.15) is 10.4 Å². The number of aromatic amines is 1. The van der Waals surface area contributed by atoms with E-state index in [-0.39, 0.29) is 5.56 Å². The number of fused-ring (bicyclic) bond motifs is 1. The Labute approximate surface area is 90.0 Å².